The third kappa shape index (κ3) is 3.77. The first-order valence-corrected chi connectivity index (χ1v) is 8.21. The molecular weight excluding hydrogens is 340 g/mol. The van der Waals surface area contributed by atoms with Crippen LogP contribution < -0.4 is 21.8 Å². The van der Waals surface area contributed by atoms with E-state index in [1.54, 1.807) is 6.07 Å². The molecule has 1 atom stereocenters. The second-order valence-electron chi connectivity index (χ2n) is 6.06. The highest BCUT2D eigenvalue weighted by Crippen LogP contribution is 2.28. The molecule has 0 spiro atoms. The third-order valence-corrected chi connectivity index (χ3v) is 4.25. The van der Waals surface area contributed by atoms with Crippen LogP contribution in [0, 0.1) is 11.6 Å². The standard InChI is InChI=1S/C19H19F2N3O2/c20-13-4-2-5-14(21)18(13)15(22)9-11-3-1-6-16(19(11)23)26-12-7-8-17(25)24-10-12/h2,4-5,7-10,16H,1,3,6,22-23H2,(H,24,25)/b15-9-. The number of hydrogen-bond donors (Lipinski definition) is 3. The van der Waals surface area contributed by atoms with Crippen LogP contribution in [-0.2, 0) is 0 Å². The molecule has 136 valence electrons. The largest absolute Gasteiger partial charge is 0.483 e. The molecule has 0 radical (unpaired) electrons. The SMILES string of the molecule is NC1=C(/C=C(\N)c2c(F)cccc2F)CCCC1Oc1ccc(=O)[nH]c1. The van der Waals surface area contributed by atoms with Crippen LogP contribution in [0.1, 0.15) is 24.8 Å². The highest BCUT2D eigenvalue weighted by Gasteiger charge is 2.22. The number of benzene rings is 1. The topological polar surface area (TPSA) is 94.1 Å². The zero-order chi connectivity index (χ0) is 18.7. The molecule has 1 aromatic carbocycles. The number of pyridine rings is 1. The Morgan fingerprint density at radius 2 is 1.96 bits per heavy atom. The molecule has 0 saturated carbocycles. The molecule has 2 aromatic rings. The van der Waals surface area contributed by atoms with Crippen molar-refractivity contribution in [2.45, 2.75) is 25.4 Å². The molecule has 0 saturated heterocycles. The van der Waals surface area contributed by atoms with Crippen molar-refractivity contribution in [1.82, 2.24) is 4.98 Å². The monoisotopic (exact) mass is 359 g/mol. The Labute approximate surface area is 149 Å². The second kappa shape index (κ2) is 7.43. The quantitative estimate of drug-likeness (QED) is 0.782. The van der Waals surface area contributed by atoms with E-state index in [1.165, 1.54) is 24.4 Å². The van der Waals surface area contributed by atoms with Crippen molar-refractivity contribution in [3.63, 3.8) is 0 Å². The van der Waals surface area contributed by atoms with Gasteiger partial charge in [0.05, 0.1) is 11.3 Å². The lowest BCUT2D eigenvalue weighted by Gasteiger charge is -2.26. The van der Waals surface area contributed by atoms with E-state index in [0.29, 0.717) is 29.9 Å². The number of nitrogens with two attached hydrogens (primary N) is 2. The Bertz CT molecular complexity index is 894. The van der Waals surface area contributed by atoms with Gasteiger partial charge in [0.1, 0.15) is 23.5 Å². The number of ether oxygens (including phenoxy) is 1. The molecular formula is C19H19F2N3O2. The maximum Gasteiger partial charge on any atom is 0.248 e. The van der Waals surface area contributed by atoms with Crippen LogP contribution in [-0.4, -0.2) is 11.1 Å². The van der Waals surface area contributed by atoms with E-state index in [0.717, 1.165) is 18.6 Å². The first-order chi connectivity index (χ1) is 12.5. The van der Waals surface area contributed by atoms with Crippen molar-refractivity contribution in [2.75, 3.05) is 0 Å². The molecule has 5 nitrogen and oxygen atoms in total. The number of allylic oxidation sites excluding steroid dienone is 2. The lowest BCUT2D eigenvalue weighted by atomic mass is 9.92. The molecule has 1 aliphatic rings. The summed E-state index contributed by atoms with van der Waals surface area (Å²) in [6.45, 7) is 0. The summed E-state index contributed by atoms with van der Waals surface area (Å²) < 4.78 is 33.6. The fourth-order valence-corrected chi connectivity index (χ4v) is 2.93. The van der Waals surface area contributed by atoms with E-state index >= 15 is 0 Å². The first kappa shape index (κ1) is 17.7. The van der Waals surface area contributed by atoms with Gasteiger partial charge in [-0.1, -0.05) is 6.07 Å². The molecule has 1 aromatic heterocycles. The predicted octanol–water partition coefficient (Wildman–Crippen LogP) is 2.80. The van der Waals surface area contributed by atoms with Gasteiger partial charge in [0.25, 0.3) is 0 Å². The Balaban J connectivity index is 1.88. The smallest absolute Gasteiger partial charge is 0.248 e. The summed E-state index contributed by atoms with van der Waals surface area (Å²) in [5.74, 6) is -0.972. The summed E-state index contributed by atoms with van der Waals surface area (Å²) >= 11 is 0. The highest BCUT2D eigenvalue weighted by atomic mass is 19.1. The van der Waals surface area contributed by atoms with Crippen molar-refractivity contribution in [2.24, 2.45) is 11.5 Å². The molecule has 0 aliphatic heterocycles. The van der Waals surface area contributed by atoms with Crippen molar-refractivity contribution >= 4 is 5.70 Å². The van der Waals surface area contributed by atoms with E-state index in [1.807, 2.05) is 0 Å². The number of aromatic nitrogens is 1. The van der Waals surface area contributed by atoms with Crippen molar-refractivity contribution in [3.05, 3.63) is 81.4 Å². The maximum absolute atomic E-state index is 13.9. The lowest BCUT2D eigenvalue weighted by Crippen LogP contribution is -2.29. The van der Waals surface area contributed by atoms with Gasteiger partial charge >= 0.3 is 0 Å². The summed E-state index contributed by atoms with van der Waals surface area (Å²) in [4.78, 5) is 13.6. The van der Waals surface area contributed by atoms with Gasteiger partial charge in [0, 0.05) is 18.0 Å². The Kier molecular flexibility index (Phi) is 5.06. The van der Waals surface area contributed by atoms with E-state index in [-0.39, 0.29) is 16.8 Å². The molecule has 3 rings (SSSR count). The van der Waals surface area contributed by atoms with Crippen LogP contribution in [0.4, 0.5) is 8.78 Å². The minimum absolute atomic E-state index is 0.0248. The highest BCUT2D eigenvalue weighted by molar-refractivity contribution is 5.66. The molecule has 5 N–H and O–H groups in total. The van der Waals surface area contributed by atoms with Crippen molar-refractivity contribution in [1.29, 1.82) is 0 Å². The van der Waals surface area contributed by atoms with Crippen LogP contribution in [0.15, 0.2) is 58.7 Å². The molecule has 1 unspecified atom stereocenters. The molecule has 26 heavy (non-hydrogen) atoms. The summed E-state index contributed by atoms with van der Waals surface area (Å²) in [6, 6.07) is 6.50. The Morgan fingerprint density at radius 1 is 1.23 bits per heavy atom. The van der Waals surface area contributed by atoms with Gasteiger partial charge in [0.2, 0.25) is 5.56 Å². The fraction of sp³-hybridized carbons (Fsp3) is 0.211. The molecule has 1 aliphatic carbocycles. The summed E-state index contributed by atoms with van der Waals surface area (Å²) in [7, 11) is 0. The fourth-order valence-electron chi connectivity index (χ4n) is 2.93. The van der Waals surface area contributed by atoms with Crippen LogP contribution in [0.25, 0.3) is 5.70 Å². The molecule has 7 heteroatoms. The average molecular weight is 359 g/mol. The zero-order valence-corrected chi connectivity index (χ0v) is 14.0. The zero-order valence-electron chi connectivity index (χ0n) is 14.0. The van der Waals surface area contributed by atoms with Gasteiger partial charge in [-0.2, -0.15) is 0 Å². The summed E-state index contributed by atoms with van der Waals surface area (Å²) in [5, 5.41) is 0. The number of nitrogens with one attached hydrogen (secondary N) is 1. The van der Waals surface area contributed by atoms with Crippen LogP contribution in [0.2, 0.25) is 0 Å². The van der Waals surface area contributed by atoms with Gasteiger partial charge in [-0.3, -0.25) is 4.79 Å². The summed E-state index contributed by atoms with van der Waals surface area (Å²) in [6.07, 6.45) is 4.67. The van der Waals surface area contributed by atoms with Crippen LogP contribution in [0.5, 0.6) is 5.75 Å². The van der Waals surface area contributed by atoms with Crippen molar-refractivity contribution in [3.8, 4) is 5.75 Å². The van der Waals surface area contributed by atoms with Gasteiger partial charge in [0.15, 0.2) is 0 Å². The second-order valence-corrected chi connectivity index (χ2v) is 6.06. The number of H-pyrrole nitrogens is 1. The first-order valence-electron chi connectivity index (χ1n) is 8.21. The van der Waals surface area contributed by atoms with E-state index < -0.39 is 17.7 Å². The van der Waals surface area contributed by atoms with E-state index in [9.17, 15) is 13.6 Å². The van der Waals surface area contributed by atoms with Crippen LogP contribution in [0.3, 0.4) is 0 Å². The van der Waals surface area contributed by atoms with Gasteiger partial charge < -0.3 is 21.2 Å². The molecule has 0 amide bonds. The predicted molar refractivity (Wildman–Crippen MR) is 95.1 cm³/mol. The lowest BCUT2D eigenvalue weighted by molar-refractivity contribution is 0.212. The van der Waals surface area contributed by atoms with Crippen LogP contribution >= 0.6 is 0 Å². The van der Waals surface area contributed by atoms with Crippen molar-refractivity contribution < 1.29 is 13.5 Å². The Morgan fingerprint density at radius 3 is 2.62 bits per heavy atom. The third-order valence-electron chi connectivity index (χ3n) is 4.25. The number of hydrogen-bond acceptors (Lipinski definition) is 4. The normalized spacial score (nSPS) is 18.1. The van der Waals surface area contributed by atoms with Gasteiger partial charge in [-0.25, -0.2) is 8.78 Å². The minimum Gasteiger partial charge on any atom is -0.483 e. The maximum atomic E-state index is 13.9. The molecule has 1 heterocycles. The molecule has 0 bridgehead atoms. The Hall–Kier alpha value is -3.09. The number of rotatable bonds is 4. The van der Waals surface area contributed by atoms with E-state index in [2.05, 4.69) is 4.98 Å². The van der Waals surface area contributed by atoms with Gasteiger partial charge in [-0.05, 0) is 49.1 Å². The number of halogens is 2. The minimum atomic E-state index is -0.727. The van der Waals surface area contributed by atoms with E-state index in [4.69, 9.17) is 16.2 Å². The summed E-state index contributed by atoms with van der Waals surface area (Å²) in [5.41, 5.74) is 12.7. The average Bonchev–Trinajstić information content (AvgIpc) is 2.60. The van der Waals surface area contributed by atoms with Gasteiger partial charge in [-0.15, -0.1) is 0 Å². The number of aromatic amines is 1. The molecule has 0 fully saturated rings.